The Hall–Kier alpha value is -0.410. The molecular formula is C12H11ClP2. The largest absolute Gasteiger partial charge is 0.106 e. The lowest BCUT2D eigenvalue weighted by Crippen LogP contribution is -1.92. The third kappa shape index (κ3) is 2.58. The molecule has 0 amide bonds. The first-order chi connectivity index (χ1) is 7.16. The van der Waals surface area contributed by atoms with Gasteiger partial charge in [-0.15, -0.1) is 18.5 Å². The summed E-state index contributed by atoms with van der Waals surface area (Å²) in [5.41, 5.74) is 2.23. The minimum Gasteiger partial charge on any atom is -0.106 e. The Morgan fingerprint density at radius 1 is 0.800 bits per heavy atom. The zero-order valence-electron chi connectivity index (χ0n) is 8.07. The highest BCUT2D eigenvalue weighted by Gasteiger charge is 2.02. The second-order valence-corrected chi connectivity index (χ2v) is 5.10. The fraction of sp³-hybridized carbons (Fsp3) is 0. The SMILES string of the molecule is Pc1ccc(-c2ccc(P)cc2Cl)cc1. The Kier molecular flexibility index (Phi) is 3.42. The molecule has 2 atom stereocenters. The number of hydrogen-bond acceptors (Lipinski definition) is 0. The van der Waals surface area contributed by atoms with Crippen LogP contribution in [0.1, 0.15) is 0 Å². The van der Waals surface area contributed by atoms with E-state index in [2.05, 4.69) is 42.7 Å². The predicted octanol–water partition coefficient (Wildman–Crippen LogP) is 3.01. The molecule has 0 aliphatic carbocycles. The van der Waals surface area contributed by atoms with Crippen LogP contribution in [0.25, 0.3) is 11.1 Å². The number of rotatable bonds is 1. The summed E-state index contributed by atoms with van der Waals surface area (Å²) in [4.78, 5) is 0. The molecule has 0 heterocycles. The topological polar surface area (TPSA) is 0 Å². The molecule has 0 fully saturated rings. The van der Waals surface area contributed by atoms with Gasteiger partial charge in [-0.25, -0.2) is 0 Å². The zero-order valence-corrected chi connectivity index (χ0v) is 11.1. The van der Waals surface area contributed by atoms with Crippen molar-refractivity contribution in [3.05, 3.63) is 47.5 Å². The summed E-state index contributed by atoms with van der Waals surface area (Å²) in [5.74, 6) is 0. The third-order valence-electron chi connectivity index (χ3n) is 2.21. The fourth-order valence-electron chi connectivity index (χ4n) is 1.43. The molecule has 2 aromatic rings. The average molecular weight is 253 g/mol. The highest BCUT2D eigenvalue weighted by molar-refractivity contribution is 7.27. The summed E-state index contributed by atoms with van der Waals surface area (Å²) in [6.07, 6.45) is 0. The number of halogens is 1. The van der Waals surface area contributed by atoms with Gasteiger partial charge in [-0.2, -0.15) is 0 Å². The van der Waals surface area contributed by atoms with Crippen molar-refractivity contribution in [1.82, 2.24) is 0 Å². The molecule has 2 unspecified atom stereocenters. The van der Waals surface area contributed by atoms with Gasteiger partial charge in [0.15, 0.2) is 0 Å². The Bertz CT molecular complexity index is 477. The maximum absolute atomic E-state index is 6.19. The van der Waals surface area contributed by atoms with Gasteiger partial charge in [0.2, 0.25) is 0 Å². The van der Waals surface area contributed by atoms with Crippen molar-refractivity contribution in [2.45, 2.75) is 0 Å². The maximum Gasteiger partial charge on any atom is 0.0490 e. The van der Waals surface area contributed by atoms with Gasteiger partial charge in [0.25, 0.3) is 0 Å². The van der Waals surface area contributed by atoms with Gasteiger partial charge in [0, 0.05) is 10.6 Å². The van der Waals surface area contributed by atoms with E-state index in [1.165, 1.54) is 5.30 Å². The zero-order chi connectivity index (χ0) is 10.8. The fourth-order valence-corrected chi connectivity index (χ4v) is 2.29. The third-order valence-corrected chi connectivity index (χ3v) is 3.27. The van der Waals surface area contributed by atoms with Crippen molar-refractivity contribution >= 4 is 40.7 Å². The Labute approximate surface area is 99.5 Å². The van der Waals surface area contributed by atoms with E-state index in [9.17, 15) is 0 Å². The standard InChI is InChI=1S/C12H11ClP2/c13-12-7-10(15)5-6-11(12)8-1-3-9(14)4-2-8/h1-7H,14-15H2. The molecule has 0 saturated carbocycles. The summed E-state index contributed by atoms with van der Waals surface area (Å²) in [6, 6.07) is 14.3. The molecule has 0 aliphatic heterocycles. The summed E-state index contributed by atoms with van der Waals surface area (Å²) >= 11 is 6.19. The van der Waals surface area contributed by atoms with Crippen LogP contribution in [0.2, 0.25) is 5.02 Å². The first kappa shape index (κ1) is 11.1. The Balaban J connectivity index is 2.49. The number of hydrogen-bond donors (Lipinski definition) is 0. The molecule has 0 bridgehead atoms. The maximum atomic E-state index is 6.19. The summed E-state index contributed by atoms with van der Waals surface area (Å²) < 4.78 is 0. The van der Waals surface area contributed by atoms with E-state index < -0.39 is 0 Å². The minimum atomic E-state index is 0.791. The Morgan fingerprint density at radius 2 is 1.40 bits per heavy atom. The quantitative estimate of drug-likeness (QED) is 0.685. The van der Waals surface area contributed by atoms with Gasteiger partial charge in [-0.1, -0.05) is 48.0 Å². The molecule has 0 aliphatic rings. The van der Waals surface area contributed by atoms with Crippen molar-refractivity contribution in [3.8, 4) is 11.1 Å². The molecule has 2 rings (SSSR count). The lowest BCUT2D eigenvalue weighted by Gasteiger charge is -2.05. The minimum absolute atomic E-state index is 0.791. The van der Waals surface area contributed by atoms with E-state index >= 15 is 0 Å². The first-order valence-corrected chi connectivity index (χ1v) is 6.11. The van der Waals surface area contributed by atoms with Crippen LogP contribution in [0, 0.1) is 0 Å². The summed E-state index contributed by atoms with van der Waals surface area (Å²) in [6.45, 7) is 0. The molecule has 76 valence electrons. The molecule has 15 heavy (non-hydrogen) atoms. The highest BCUT2D eigenvalue weighted by Crippen LogP contribution is 2.26. The van der Waals surface area contributed by atoms with Gasteiger partial charge in [0.1, 0.15) is 0 Å². The van der Waals surface area contributed by atoms with Crippen LogP contribution in [-0.4, -0.2) is 0 Å². The van der Waals surface area contributed by atoms with Crippen LogP contribution in [-0.2, 0) is 0 Å². The van der Waals surface area contributed by atoms with Crippen LogP contribution < -0.4 is 10.6 Å². The molecule has 0 saturated heterocycles. The average Bonchev–Trinajstić information content (AvgIpc) is 2.20. The van der Waals surface area contributed by atoms with Crippen molar-refractivity contribution in [2.75, 3.05) is 0 Å². The van der Waals surface area contributed by atoms with E-state index in [0.29, 0.717) is 0 Å². The predicted molar refractivity (Wildman–Crippen MR) is 75.6 cm³/mol. The smallest absolute Gasteiger partial charge is 0.0490 e. The Morgan fingerprint density at radius 3 is 2.00 bits per heavy atom. The molecule has 0 nitrogen and oxygen atoms in total. The lowest BCUT2D eigenvalue weighted by atomic mass is 10.1. The van der Waals surface area contributed by atoms with Gasteiger partial charge in [-0.05, 0) is 22.2 Å². The molecule has 2 aromatic carbocycles. The molecule has 3 heteroatoms. The van der Waals surface area contributed by atoms with Crippen LogP contribution in [0.4, 0.5) is 0 Å². The monoisotopic (exact) mass is 252 g/mol. The van der Waals surface area contributed by atoms with E-state index in [1.807, 2.05) is 18.2 Å². The first-order valence-electron chi connectivity index (χ1n) is 4.58. The summed E-state index contributed by atoms with van der Waals surface area (Å²) in [5, 5.41) is 3.07. The number of benzene rings is 2. The highest BCUT2D eigenvalue weighted by atomic mass is 35.5. The van der Waals surface area contributed by atoms with E-state index in [1.54, 1.807) is 0 Å². The molecule has 0 spiro atoms. The second kappa shape index (κ2) is 4.62. The molecular weight excluding hydrogens is 242 g/mol. The van der Waals surface area contributed by atoms with Gasteiger partial charge in [-0.3, -0.25) is 0 Å². The second-order valence-electron chi connectivity index (χ2n) is 3.36. The summed E-state index contributed by atoms with van der Waals surface area (Å²) in [7, 11) is 5.32. The van der Waals surface area contributed by atoms with Crippen LogP contribution >= 0.6 is 30.1 Å². The van der Waals surface area contributed by atoms with Crippen LogP contribution in [0.3, 0.4) is 0 Å². The van der Waals surface area contributed by atoms with Crippen LogP contribution in [0.15, 0.2) is 42.5 Å². The van der Waals surface area contributed by atoms with Crippen molar-refractivity contribution in [3.63, 3.8) is 0 Å². The van der Waals surface area contributed by atoms with Gasteiger partial charge in [0.05, 0.1) is 0 Å². The molecule has 0 aromatic heterocycles. The van der Waals surface area contributed by atoms with Gasteiger partial charge < -0.3 is 0 Å². The van der Waals surface area contributed by atoms with E-state index in [0.717, 1.165) is 21.5 Å². The van der Waals surface area contributed by atoms with Crippen molar-refractivity contribution < 1.29 is 0 Å². The van der Waals surface area contributed by atoms with Gasteiger partial charge >= 0.3 is 0 Å². The van der Waals surface area contributed by atoms with Crippen molar-refractivity contribution in [1.29, 1.82) is 0 Å². The van der Waals surface area contributed by atoms with Crippen molar-refractivity contribution in [2.24, 2.45) is 0 Å². The van der Waals surface area contributed by atoms with Crippen LogP contribution in [0.5, 0.6) is 0 Å². The lowest BCUT2D eigenvalue weighted by molar-refractivity contribution is 1.66. The molecule has 0 N–H and O–H groups in total. The normalized spacial score (nSPS) is 10.3. The van der Waals surface area contributed by atoms with E-state index in [4.69, 9.17) is 11.6 Å². The molecule has 0 radical (unpaired) electrons. The van der Waals surface area contributed by atoms with E-state index in [-0.39, 0.29) is 0 Å².